The molecule has 0 spiro atoms. The van der Waals surface area contributed by atoms with Crippen molar-refractivity contribution in [3.05, 3.63) is 47.3 Å². The van der Waals surface area contributed by atoms with Crippen LogP contribution in [0.2, 0.25) is 0 Å². The van der Waals surface area contributed by atoms with Gasteiger partial charge in [0.1, 0.15) is 5.75 Å². The highest BCUT2D eigenvalue weighted by Gasteiger charge is 2.30. The summed E-state index contributed by atoms with van der Waals surface area (Å²) in [6.07, 6.45) is 2.79. The van der Waals surface area contributed by atoms with Gasteiger partial charge in [0.05, 0.1) is 25.3 Å². The number of nitrogens with one attached hydrogen (secondary N) is 1. The minimum Gasteiger partial charge on any atom is -0.496 e. The van der Waals surface area contributed by atoms with Crippen LogP contribution in [0.4, 0.5) is 0 Å². The van der Waals surface area contributed by atoms with Crippen molar-refractivity contribution in [1.82, 2.24) is 15.4 Å². The zero-order valence-electron chi connectivity index (χ0n) is 16.4. The maximum atomic E-state index is 12.6. The Morgan fingerprint density at radius 2 is 2.21 bits per heavy atom. The van der Waals surface area contributed by atoms with Gasteiger partial charge in [0.2, 0.25) is 11.8 Å². The van der Waals surface area contributed by atoms with Crippen molar-refractivity contribution in [3.63, 3.8) is 0 Å². The number of hydrogen-bond donors (Lipinski definition) is 1. The molecule has 7 nitrogen and oxygen atoms in total. The molecule has 1 aromatic heterocycles. The molecule has 1 aromatic carbocycles. The molecule has 7 heteroatoms. The van der Waals surface area contributed by atoms with Gasteiger partial charge in [-0.2, -0.15) is 0 Å². The van der Waals surface area contributed by atoms with Crippen molar-refractivity contribution in [1.29, 1.82) is 0 Å². The van der Waals surface area contributed by atoms with Gasteiger partial charge in [-0.15, -0.1) is 0 Å². The van der Waals surface area contributed by atoms with Gasteiger partial charge in [-0.05, 0) is 18.9 Å². The number of methoxy groups -OCH3 is 1. The number of aryl methyl sites for hydroxylation is 1. The summed E-state index contributed by atoms with van der Waals surface area (Å²) >= 11 is 0. The Hall–Kier alpha value is -2.83. The van der Waals surface area contributed by atoms with E-state index in [1.807, 2.05) is 30.3 Å². The van der Waals surface area contributed by atoms with Crippen LogP contribution in [0.25, 0.3) is 0 Å². The van der Waals surface area contributed by atoms with E-state index in [1.54, 1.807) is 12.0 Å². The zero-order valence-corrected chi connectivity index (χ0v) is 16.4. The van der Waals surface area contributed by atoms with Crippen molar-refractivity contribution in [2.24, 2.45) is 5.92 Å². The Kier molecular flexibility index (Phi) is 6.68. The molecule has 1 atom stereocenters. The Morgan fingerprint density at radius 1 is 1.39 bits per heavy atom. The number of likely N-dealkylation sites (tertiary alicyclic amines) is 1. The highest BCUT2D eigenvalue weighted by molar-refractivity contribution is 5.83. The average molecular weight is 385 g/mol. The number of ether oxygens (including phenoxy) is 1. The fraction of sp³-hybridized carbons (Fsp3) is 0.476. The Morgan fingerprint density at radius 3 is 3.00 bits per heavy atom. The summed E-state index contributed by atoms with van der Waals surface area (Å²) in [6, 6.07) is 9.50. The minimum absolute atomic E-state index is 0.0639. The molecular weight excluding hydrogens is 358 g/mol. The second kappa shape index (κ2) is 9.39. The van der Waals surface area contributed by atoms with Gasteiger partial charge in [0.15, 0.2) is 5.76 Å². The standard InChI is InChI=1S/C21H27N3O4/c1-3-6-17-11-18(28-23-17)12-22-21(26)16-9-10-20(25)24(14-16)13-15-7-4-5-8-19(15)27-2/h4-5,7-8,11,16H,3,6,9-10,12-14H2,1-2H3,(H,22,26)/t16-/m0/s1. The Labute approximate surface area is 165 Å². The van der Waals surface area contributed by atoms with Crippen LogP contribution in [0.1, 0.15) is 43.2 Å². The van der Waals surface area contributed by atoms with Crippen LogP contribution in [0.15, 0.2) is 34.9 Å². The molecule has 2 aromatic rings. The van der Waals surface area contributed by atoms with Crippen LogP contribution in [-0.4, -0.2) is 35.5 Å². The maximum Gasteiger partial charge on any atom is 0.225 e. The molecule has 0 saturated carbocycles. The van der Waals surface area contributed by atoms with E-state index in [1.165, 1.54) is 0 Å². The first-order chi connectivity index (χ1) is 13.6. The quantitative estimate of drug-likeness (QED) is 0.755. The Balaban J connectivity index is 1.56. The van der Waals surface area contributed by atoms with Gasteiger partial charge in [-0.25, -0.2) is 0 Å². The highest BCUT2D eigenvalue weighted by Crippen LogP contribution is 2.24. The van der Waals surface area contributed by atoms with Crippen molar-refractivity contribution in [2.75, 3.05) is 13.7 Å². The molecule has 0 unspecified atom stereocenters. The number of piperidine rings is 1. The number of nitrogens with zero attached hydrogens (tertiary/aromatic N) is 2. The van der Waals surface area contributed by atoms with E-state index in [0.717, 1.165) is 29.8 Å². The van der Waals surface area contributed by atoms with E-state index in [4.69, 9.17) is 9.26 Å². The second-order valence-corrected chi connectivity index (χ2v) is 7.07. The van der Waals surface area contributed by atoms with Crippen LogP contribution in [-0.2, 0) is 29.1 Å². The second-order valence-electron chi connectivity index (χ2n) is 7.07. The van der Waals surface area contributed by atoms with Gasteiger partial charge in [0.25, 0.3) is 0 Å². The van der Waals surface area contributed by atoms with E-state index in [-0.39, 0.29) is 17.7 Å². The zero-order chi connectivity index (χ0) is 19.9. The molecular formula is C21H27N3O4. The molecule has 1 aliphatic heterocycles. The number of rotatable bonds is 8. The van der Waals surface area contributed by atoms with Crippen LogP contribution >= 0.6 is 0 Å². The Bertz CT molecular complexity index is 817. The number of para-hydroxylation sites is 1. The predicted molar refractivity (Wildman–Crippen MR) is 103 cm³/mol. The summed E-state index contributed by atoms with van der Waals surface area (Å²) in [7, 11) is 1.61. The van der Waals surface area contributed by atoms with Crippen LogP contribution < -0.4 is 10.1 Å². The van der Waals surface area contributed by atoms with Gasteiger partial charge in [-0.1, -0.05) is 36.7 Å². The third-order valence-corrected chi connectivity index (χ3v) is 4.98. The third-order valence-electron chi connectivity index (χ3n) is 4.98. The number of amides is 2. The lowest BCUT2D eigenvalue weighted by Crippen LogP contribution is -2.45. The van der Waals surface area contributed by atoms with E-state index in [0.29, 0.717) is 38.2 Å². The predicted octanol–water partition coefficient (Wildman–Crippen LogP) is 2.69. The molecule has 3 rings (SSSR count). The average Bonchev–Trinajstić information content (AvgIpc) is 3.16. The third kappa shape index (κ3) is 4.91. The first-order valence-corrected chi connectivity index (χ1v) is 9.72. The summed E-state index contributed by atoms with van der Waals surface area (Å²) in [4.78, 5) is 26.7. The van der Waals surface area contributed by atoms with E-state index in [9.17, 15) is 9.59 Å². The van der Waals surface area contributed by atoms with Crippen molar-refractivity contribution < 1.29 is 18.8 Å². The largest absolute Gasteiger partial charge is 0.496 e. The molecule has 28 heavy (non-hydrogen) atoms. The number of hydrogen-bond acceptors (Lipinski definition) is 5. The highest BCUT2D eigenvalue weighted by atomic mass is 16.5. The monoisotopic (exact) mass is 385 g/mol. The lowest BCUT2D eigenvalue weighted by atomic mass is 9.96. The number of benzene rings is 1. The summed E-state index contributed by atoms with van der Waals surface area (Å²) in [5.41, 5.74) is 1.84. The van der Waals surface area contributed by atoms with Gasteiger partial charge < -0.3 is 19.5 Å². The lowest BCUT2D eigenvalue weighted by Gasteiger charge is -2.32. The fourth-order valence-electron chi connectivity index (χ4n) is 3.45. The SMILES string of the molecule is CCCc1cc(CNC(=O)[C@H]2CCC(=O)N(Cc3ccccc3OC)C2)on1. The van der Waals surface area contributed by atoms with E-state index < -0.39 is 0 Å². The fourth-order valence-corrected chi connectivity index (χ4v) is 3.45. The summed E-state index contributed by atoms with van der Waals surface area (Å²) in [5.74, 6) is 1.16. The van der Waals surface area contributed by atoms with Crippen molar-refractivity contribution in [3.8, 4) is 5.75 Å². The normalized spacial score (nSPS) is 16.9. The molecule has 150 valence electrons. The topological polar surface area (TPSA) is 84.7 Å². The smallest absolute Gasteiger partial charge is 0.225 e. The van der Waals surface area contributed by atoms with Gasteiger partial charge in [-0.3, -0.25) is 9.59 Å². The lowest BCUT2D eigenvalue weighted by molar-refractivity contribution is -0.139. The van der Waals surface area contributed by atoms with E-state index in [2.05, 4.69) is 17.4 Å². The van der Waals surface area contributed by atoms with E-state index >= 15 is 0 Å². The summed E-state index contributed by atoms with van der Waals surface area (Å²) in [5, 5.41) is 6.90. The van der Waals surface area contributed by atoms with Gasteiger partial charge >= 0.3 is 0 Å². The molecule has 1 N–H and O–H groups in total. The van der Waals surface area contributed by atoms with Crippen LogP contribution in [0.5, 0.6) is 5.75 Å². The van der Waals surface area contributed by atoms with Crippen molar-refractivity contribution in [2.45, 2.75) is 45.7 Å². The number of carbonyl (C=O) groups excluding carboxylic acids is 2. The molecule has 2 heterocycles. The first kappa shape index (κ1) is 19.9. The molecule has 1 fully saturated rings. The summed E-state index contributed by atoms with van der Waals surface area (Å²) < 4.78 is 10.6. The van der Waals surface area contributed by atoms with Crippen LogP contribution in [0, 0.1) is 5.92 Å². The van der Waals surface area contributed by atoms with Gasteiger partial charge in [0, 0.05) is 31.1 Å². The minimum atomic E-state index is -0.231. The molecule has 0 bridgehead atoms. The molecule has 0 radical (unpaired) electrons. The molecule has 2 amide bonds. The molecule has 1 aliphatic rings. The number of carbonyl (C=O) groups is 2. The molecule has 1 saturated heterocycles. The number of aromatic nitrogens is 1. The van der Waals surface area contributed by atoms with Crippen LogP contribution in [0.3, 0.4) is 0 Å². The van der Waals surface area contributed by atoms with Crippen molar-refractivity contribution >= 4 is 11.8 Å². The maximum absolute atomic E-state index is 12.6. The summed E-state index contributed by atoms with van der Waals surface area (Å²) in [6.45, 7) is 3.24. The molecule has 0 aliphatic carbocycles. The first-order valence-electron chi connectivity index (χ1n) is 9.72.